The van der Waals surface area contributed by atoms with E-state index in [0.717, 1.165) is 12.0 Å². The monoisotopic (exact) mass is 608 g/mol. The van der Waals surface area contributed by atoms with E-state index in [2.05, 4.69) is 17.9 Å². The number of hydrogen-bond donors (Lipinski definition) is 4. The Morgan fingerprint density at radius 1 is 0.895 bits per heavy atom. The Kier molecular flexibility index (Phi) is 10.7. The van der Waals surface area contributed by atoms with E-state index in [1.165, 1.54) is 6.92 Å². The van der Waals surface area contributed by atoms with Crippen molar-refractivity contribution in [2.24, 2.45) is 0 Å². The third-order valence-electron chi connectivity index (χ3n) is 4.77. The van der Waals surface area contributed by atoms with Crippen molar-refractivity contribution in [2.75, 3.05) is 25.1 Å². The molecule has 0 bridgehead atoms. The molecule has 0 aliphatic carbocycles. The van der Waals surface area contributed by atoms with Gasteiger partial charge >= 0.3 is 31.2 Å². The molecule has 1 fully saturated rings. The first-order valence-corrected chi connectivity index (χ1v) is 14.2. The lowest BCUT2D eigenvalue weighted by Crippen LogP contribution is -2.63. The van der Waals surface area contributed by atoms with Crippen LogP contribution < -0.4 is 10.2 Å². The number of anilines is 1. The summed E-state index contributed by atoms with van der Waals surface area (Å²) < 4.78 is 119. The molecule has 5 atom stereocenters. The van der Waals surface area contributed by atoms with Crippen molar-refractivity contribution < 1.29 is 70.5 Å². The minimum absolute atomic E-state index is 0.364. The van der Waals surface area contributed by atoms with Gasteiger partial charge in [0.1, 0.15) is 24.9 Å². The van der Waals surface area contributed by atoms with Crippen LogP contribution in [-0.2, 0) is 62.8 Å². The smallest absolute Gasteiger partial charge is 0.353 e. The molecule has 38 heavy (non-hydrogen) atoms. The fourth-order valence-electron chi connectivity index (χ4n) is 3.39. The van der Waals surface area contributed by atoms with E-state index in [0.29, 0.717) is 5.69 Å². The lowest BCUT2D eigenvalue weighted by Gasteiger charge is -2.43. The Balaban J connectivity index is 2.35. The number of ether oxygens (including phenoxy) is 2. The first kappa shape index (κ1) is 31.9. The average Bonchev–Trinajstić information content (AvgIpc) is 2.76. The van der Waals surface area contributed by atoms with Crippen molar-refractivity contribution in [3.8, 4) is 0 Å². The van der Waals surface area contributed by atoms with Crippen LogP contribution in [0.15, 0.2) is 30.3 Å². The second-order valence-corrected chi connectivity index (χ2v) is 10.6. The normalized spacial score (nSPS) is 24.5. The van der Waals surface area contributed by atoms with Crippen LogP contribution in [0.25, 0.3) is 0 Å². The summed E-state index contributed by atoms with van der Waals surface area (Å²) in [5, 5.41) is 2.27. The molecule has 2 amide bonds. The van der Waals surface area contributed by atoms with Crippen LogP contribution in [0.2, 0.25) is 0 Å². The van der Waals surface area contributed by atoms with E-state index in [9.17, 15) is 39.4 Å². The number of benzene rings is 1. The van der Waals surface area contributed by atoms with Crippen molar-refractivity contribution >= 4 is 48.7 Å². The number of nitrogens with zero attached hydrogens (tertiary/aromatic N) is 1. The van der Waals surface area contributed by atoms with Crippen LogP contribution in [0.5, 0.6) is 0 Å². The maximum absolute atomic E-state index is 12.6. The molecule has 1 aromatic rings. The Morgan fingerprint density at radius 2 is 1.39 bits per heavy atom. The maximum Gasteiger partial charge on any atom is 0.397 e. The standard InChI is InChI=1S/C17H24N2O16S3/c1-10(20)19(11-6-4-3-5-7-11)9-13(21)18-8-12-14(33-36(22,23)24)15(34-37(25,26)27)16(17(31-2)32-12)35-38(28,29)30/h3-7,12,14-17H,8-9H2,1-2H3,(H,18,21)(H,22,23,24)(H,25,26,27)(H,28,29,30)/t12-,14-,15+,16+,17+/m1/s1. The number of amides is 2. The molecular weight excluding hydrogens is 584 g/mol. The lowest BCUT2D eigenvalue weighted by atomic mass is 9.99. The van der Waals surface area contributed by atoms with Crippen molar-refractivity contribution in [3.63, 3.8) is 0 Å². The van der Waals surface area contributed by atoms with Crippen LogP contribution in [0.4, 0.5) is 5.69 Å². The first-order valence-electron chi connectivity index (χ1n) is 10.2. The van der Waals surface area contributed by atoms with E-state index >= 15 is 0 Å². The van der Waals surface area contributed by atoms with E-state index < -0.39 is 86.8 Å². The number of hydrogen-bond acceptors (Lipinski definition) is 13. The SMILES string of the molecule is CO[C@H]1O[C@H](CNC(=O)CN(C(C)=O)c2ccccc2)[C@@H](OS(=O)(=O)O)[C@H](OS(=O)(=O)O)[C@@H]1OS(=O)(=O)O. The molecule has 21 heteroatoms. The highest BCUT2D eigenvalue weighted by molar-refractivity contribution is 7.81. The topological polar surface area (TPSA) is 259 Å². The number of para-hydroxylation sites is 1. The van der Waals surface area contributed by atoms with Crippen molar-refractivity contribution in [1.29, 1.82) is 0 Å². The van der Waals surface area contributed by atoms with Crippen LogP contribution in [0.3, 0.4) is 0 Å². The second kappa shape index (κ2) is 12.7. The van der Waals surface area contributed by atoms with Gasteiger partial charge < -0.3 is 19.7 Å². The number of rotatable bonds is 12. The fraction of sp³-hybridized carbons (Fsp3) is 0.529. The minimum atomic E-state index is -5.50. The van der Waals surface area contributed by atoms with Gasteiger partial charge in [0.15, 0.2) is 12.4 Å². The summed E-state index contributed by atoms with van der Waals surface area (Å²) in [4.78, 5) is 25.7. The van der Waals surface area contributed by atoms with Gasteiger partial charge in [0.05, 0.1) is 0 Å². The lowest BCUT2D eigenvalue weighted by molar-refractivity contribution is -0.273. The molecule has 216 valence electrons. The Labute approximate surface area is 217 Å². The molecule has 0 spiro atoms. The summed E-state index contributed by atoms with van der Waals surface area (Å²) in [5.74, 6) is -1.35. The Bertz CT molecular complexity index is 1300. The fourth-order valence-corrected chi connectivity index (χ4v) is 4.88. The van der Waals surface area contributed by atoms with Crippen LogP contribution in [-0.4, -0.2) is 102 Å². The molecule has 4 N–H and O–H groups in total. The summed E-state index contributed by atoms with van der Waals surface area (Å²) in [6.45, 7) is -0.0807. The molecular formula is C17H24N2O16S3. The van der Waals surface area contributed by atoms with Crippen molar-refractivity contribution in [1.82, 2.24) is 5.32 Å². The summed E-state index contributed by atoms with van der Waals surface area (Å²) >= 11 is 0. The third-order valence-corrected chi connectivity index (χ3v) is 6.17. The molecule has 2 rings (SSSR count). The predicted molar refractivity (Wildman–Crippen MR) is 122 cm³/mol. The molecule has 1 aliphatic rings. The molecule has 0 unspecified atom stereocenters. The second-order valence-electron chi connectivity index (χ2n) is 7.49. The van der Waals surface area contributed by atoms with Gasteiger partial charge in [-0.2, -0.15) is 25.3 Å². The van der Waals surface area contributed by atoms with Crippen LogP contribution >= 0.6 is 0 Å². The minimum Gasteiger partial charge on any atom is -0.353 e. The zero-order valence-electron chi connectivity index (χ0n) is 19.5. The van der Waals surface area contributed by atoms with E-state index in [4.69, 9.17) is 18.6 Å². The molecule has 1 heterocycles. The molecule has 1 aliphatic heterocycles. The van der Waals surface area contributed by atoms with Gasteiger partial charge in [0.2, 0.25) is 11.8 Å². The summed E-state index contributed by atoms with van der Waals surface area (Å²) in [6.07, 6.45) is -10.9. The summed E-state index contributed by atoms with van der Waals surface area (Å²) in [6, 6.07) is 7.99. The Hall–Kier alpha value is -2.31. The van der Waals surface area contributed by atoms with Crippen molar-refractivity contribution in [3.05, 3.63) is 30.3 Å². The van der Waals surface area contributed by atoms with Gasteiger partial charge in [-0.15, -0.1) is 0 Å². The van der Waals surface area contributed by atoms with Gasteiger partial charge in [-0.05, 0) is 12.1 Å². The van der Waals surface area contributed by atoms with Gasteiger partial charge in [0.25, 0.3) is 0 Å². The third kappa shape index (κ3) is 10.1. The molecule has 1 aromatic carbocycles. The van der Waals surface area contributed by atoms with Gasteiger partial charge in [-0.1, -0.05) is 18.2 Å². The van der Waals surface area contributed by atoms with Crippen molar-refractivity contribution in [2.45, 2.75) is 37.6 Å². The van der Waals surface area contributed by atoms with Crippen LogP contribution in [0, 0.1) is 0 Å². The zero-order valence-corrected chi connectivity index (χ0v) is 22.0. The molecule has 1 saturated heterocycles. The van der Waals surface area contributed by atoms with Gasteiger partial charge in [-0.25, -0.2) is 12.5 Å². The van der Waals surface area contributed by atoms with E-state index in [1.807, 2.05) is 0 Å². The summed E-state index contributed by atoms with van der Waals surface area (Å²) in [7, 11) is -15.5. The Morgan fingerprint density at radius 3 is 1.87 bits per heavy atom. The summed E-state index contributed by atoms with van der Waals surface area (Å²) in [5.41, 5.74) is 0.364. The molecule has 0 saturated carbocycles. The van der Waals surface area contributed by atoms with Crippen LogP contribution in [0.1, 0.15) is 6.92 Å². The molecule has 18 nitrogen and oxygen atoms in total. The molecule has 0 aromatic heterocycles. The number of carbonyl (C=O) groups excluding carboxylic acids is 2. The first-order chi connectivity index (χ1) is 17.4. The molecule has 0 radical (unpaired) electrons. The van der Waals surface area contributed by atoms with E-state index in [-0.39, 0.29) is 0 Å². The highest BCUT2D eigenvalue weighted by atomic mass is 32.3. The average molecular weight is 609 g/mol. The predicted octanol–water partition coefficient (Wildman–Crippen LogP) is -1.91. The largest absolute Gasteiger partial charge is 0.397 e. The highest BCUT2D eigenvalue weighted by Crippen LogP contribution is 2.31. The number of nitrogens with one attached hydrogen (secondary N) is 1. The number of carbonyl (C=O) groups is 2. The van der Waals surface area contributed by atoms with Gasteiger partial charge in [0, 0.05) is 26.3 Å². The number of methoxy groups -OCH3 is 1. The highest BCUT2D eigenvalue weighted by Gasteiger charge is 2.53. The van der Waals surface area contributed by atoms with Gasteiger partial charge in [-0.3, -0.25) is 23.2 Å². The van der Waals surface area contributed by atoms with E-state index in [1.54, 1.807) is 30.3 Å². The zero-order chi connectivity index (χ0) is 28.9. The quantitative estimate of drug-likeness (QED) is 0.189. The maximum atomic E-state index is 12.6.